The van der Waals surface area contributed by atoms with Gasteiger partial charge in [0.05, 0.1) is 29.5 Å². The average Bonchev–Trinajstić information content (AvgIpc) is 3.42. The molecule has 0 unspecified atom stereocenters. The number of ether oxygens (including phenoxy) is 1. The minimum absolute atomic E-state index is 0.247. The van der Waals surface area contributed by atoms with E-state index in [-0.39, 0.29) is 18.2 Å². The lowest BCUT2D eigenvalue weighted by Crippen LogP contribution is -2.23. The van der Waals surface area contributed by atoms with Crippen LogP contribution in [0.3, 0.4) is 0 Å². The van der Waals surface area contributed by atoms with E-state index >= 15 is 0 Å². The van der Waals surface area contributed by atoms with Gasteiger partial charge in [0.1, 0.15) is 17.1 Å². The molecule has 0 aliphatic heterocycles. The number of hydrogen-bond donors (Lipinski definition) is 2. The van der Waals surface area contributed by atoms with Gasteiger partial charge in [-0.2, -0.15) is 0 Å². The number of fused-ring (bicyclic) bond motifs is 1. The van der Waals surface area contributed by atoms with Crippen LogP contribution < -0.4 is 15.8 Å². The molecule has 0 radical (unpaired) electrons. The van der Waals surface area contributed by atoms with Gasteiger partial charge in [-0.05, 0) is 54.1 Å². The number of benzene rings is 3. The molecule has 3 heterocycles. The van der Waals surface area contributed by atoms with Gasteiger partial charge in [0.15, 0.2) is 17.8 Å². The topological polar surface area (TPSA) is 125 Å². The number of pyridine rings is 2. The number of rotatable bonds is 8. The number of hydrogen-bond acceptors (Lipinski definition) is 7. The Morgan fingerprint density at radius 2 is 1.74 bits per heavy atom. The van der Waals surface area contributed by atoms with Crippen LogP contribution in [0.4, 0.5) is 5.82 Å². The van der Waals surface area contributed by atoms with Crippen LogP contribution in [0, 0.1) is 0 Å². The van der Waals surface area contributed by atoms with Crippen molar-refractivity contribution in [3.63, 3.8) is 0 Å². The number of nitrogens with one attached hydrogen (secondary N) is 1. The molecule has 0 atom stereocenters. The van der Waals surface area contributed by atoms with Crippen LogP contribution in [0.25, 0.3) is 39.5 Å². The number of methoxy groups -OCH3 is 1. The third-order valence-corrected chi connectivity index (χ3v) is 6.92. The van der Waals surface area contributed by atoms with Crippen LogP contribution in [-0.2, 0) is 6.54 Å². The number of carbonyl (C=O) groups excluding carboxylic acids is 2. The maximum Gasteiger partial charge on any atom is 0.255 e. The fourth-order valence-corrected chi connectivity index (χ4v) is 4.85. The zero-order valence-corrected chi connectivity index (χ0v) is 22.7. The number of para-hydroxylation sites is 1. The number of imidazole rings is 1. The third kappa shape index (κ3) is 4.95. The van der Waals surface area contributed by atoms with Crippen molar-refractivity contribution >= 4 is 29.2 Å². The monoisotopic (exact) mass is 554 g/mol. The first-order valence-corrected chi connectivity index (χ1v) is 13.2. The van der Waals surface area contributed by atoms with Gasteiger partial charge in [-0.25, -0.2) is 15.0 Å². The summed E-state index contributed by atoms with van der Waals surface area (Å²) in [5.41, 5.74) is 12.5. The summed E-state index contributed by atoms with van der Waals surface area (Å²) in [6.45, 7) is 0.275. The van der Waals surface area contributed by atoms with Gasteiger partial charge in [-0.3, -0.25) is 14.2 Å². The van der Waals surface area contributed by atoms with Crippen molar-refractivity contribution < 1.29 is 14.3 Å². The highest BCUT2D eigenvalue weighted by Crippen LogP contribution is 2.32. The molecular weight excluding hydrogens is 528 g/mol. The first-order chi connectivity index (χ1) is 20.6. The minimum Gasteiger partial charge on any atom is -0.495 e. The second kappa shape index (κ2) is 11.3. The summed E-state index contributed by atoms with van der Waals surface area (Å²) in [6, 6.07) is 30.2. The summed E-state index contributed by atoms with van der Waals surface area (Å²) in [5.74, 6) is 0.895. The number of amides is 1. The van der Waals surface area contributed by atoms with E-state index in [4.69, 9.17) is 20.4 Å². The maximum absolute atomic E-state index is 12.9. The van der Waals surface area contributed by atoms with Crippen LogP contribution in [0.1, 0.15) is 26.3 Å². The van der Waals surface area contributed by atoms with Gasteiger partial charge in [0, 0.05) is 24.0 Å². The lowest BCUT2D eigenvalue weighted by Gasteiger charge is -2.13. The number of nitrogens with two attached hydrogens (primary N) is 1. The molecular formula is C33H26N6O3. The fourth-order valence-electron chi connectivity index (χ4n) is 4.85. The molecule has 0 fully saturated rings. The van der Waals surface area contributed by atoms with E-state index in [1.807, 2.05) is 83.4 Å². The molecule has 0 aliphatic rings. The summed E-state index contributed by atoms with van der Waals surface area (Å²) < 4.78 is 7.27. The first kappa shape index (κ1) is 26.4. The van der Waals surface area contributed by atoms with Crippen molar-refractivity contribution in [2.45, 2.75) is 6.54 Å². The Morgan fingerprint density at radius 1 is 0.929 bits per heavy atom. The molecule has 206 valence electrons. The number of anilines is 1. The third-order valence-electron chi connectivity index (χ3n) is 6.92. The molecule has 3 N–H and O–H groups in total. The van der Waals surface area contributed by atoms with Gasteiger partial charge in [-0.15, -0.1) is 0 Å². The zero-order valence-electron chi connectivity index (χ0n) is 22.7. The van der Waals surface area contributed by atoms with Crippen LogP contribution in [0.15, 0.2) is 103 Å². The van der Waals surface area contributed by atoms with Crippen LogP contribution in [0.2, 0.25) is 0 Å². The summed E-state index contributed by atoms with van der Waals surface area (Å²) in [6.07, 6.45) is 2.31. The number of aldehydes is 1. The Morgan fingerprint density at radius 3 is 2.48 bits per heavy atom. The van der Waals surface area contributed by atoms with E-state index < -0.39 is 0 Å². The molecule has 9 nitrogen and oxygen atoms in total. The van der Waals surface area contributed by atoms with E-state index in [0.717, 1.165) is 28.0 Å². The molecule has 3 aromatic heterocycles. The van der Waals surface area contributed by atoms with E-state index in [2.05, 4.69) is 10.3 Å². The number of aromatic nitrogens is 4. The van der Waals surface area contributed by atoms with Crippen molar-refractivity contribution in [3.8, 4) is 34.1 Å². The highest BCUT2D eigenvalue weighted by Gasteiger charge is 2.19. The normalized spacial score (nSPS) is 10.9. The summed E-state index contributed by atoms with van der Waals surface area (Å²) in [5, 5.41) is 2.90. The standard InChI is InChI=1S/C33H26N6O3/c1-42-29-23(20-40)9-5-10-25(29)33(41)36-19-21-12-14-24(15-13-21)39-31(26-11-6-18-35-30(26)34)38-28-17-16-27(37-32(28)39)22-7-3-2-4-8-22/h2-18,20H,19H2,1H3,(H2,34,35)(H,36,41). The Hall–Kier alpha value is -5.83. The number of nitrogens with zero attached hydrogens (tertiary/aromatic N) is 4. The quantitative estimate of drug-likeness (QED) is 0.239. The van der Waals surface area contributed by atoms with Gasteiger partial charge < -0.3 is 15.8 Å². The number of nitrogen functional groups attached to an aromatic ring is 1. The van der Waals surface area contributed by atoms with Gasteiger partial charge >= 0.3 is 0 Å². The smallest absolute Gasteiger partial charge is 0.255 e. The predicted octanol–water partition coefficient (Wildman–Crippen LogP) is 5.48. The van der Waals surface area contributed by atoms with Crippen molar-refractivity contribution in [2.75, 3.05) is 12.8 Å². The molecule has 0 spiro atoms. The van der Waals surface area contributed by atoms with Gasteiger partial charge in [0.25, 0.3) is 5.91 Å². The molecule has 0 aliphatic carbocycles. The molecule has 42 heavy (non-hydrogen) atoms. The molecule has 0 bridgehead atoms. The first-order valence-electron chi connectivity index (χ1n) is 13.2. The molecule has 0 saturated carbocycles. The Kier molecular flexibility index (Phi) is 7.13. The van der Waals surface area contributed by atoms with E-state index in [1.165, 1.54) is 7.11 Å². The van der Waals surface area contributed by atoms with Gasteiger partial charge in [0.2, 0.25) is 0 Å². The van der Waals surface area contributed by atoms with Crippen molar-refractivity contribution in [1.82, 2.24) is 24.8 Å². The van der Waals surface area contributed by atoms with E-state index in [0.29, 0.717) is 40.3 Å². The molecule has 6 aromatic rings. The van der Waals surface area contributed by atoms with Gasteiger partial charge in [-0.1, -0.05) is 48.5 Å². The summed E-state index contributed by atoms with van der Waals surface area (Å²) in [4.78, 5) is 38.4. The van der Waals surface area contributed by atoms with E-state index in [1.54, 1.807) is 24.4 Å². The molecule has 6 rings (SSSR count). The maximum atomic E-state index is 12.9. The number of carbonyl (C=O) groups is 2. The molecule has 3 aromatic carbocycles. The fraction of sp³-hybridized carbons (Fsp3) is 0.0606. The summed E-state index contributed by atoms with van der Waals surface area (Å²) >= 11 is 0. The lowest BCUT2D eigenvalue weighted by molar-refractivity contribution is 0.0948. The average molecular weight is 555 g/mol. The minimum atomic E-state index is -0.341. The largest absolute Gasteiger partial charge is 0.495 e. The van der Waals surface area contributed by atoms with Crippen molar-refractivity contribution in [3.05, 3.63) is 120 Å². The van der Waals surface area contributed by atoms with E-state index in [9.17, 15) is 9.59 Å². The second-order valence-electron chi connectivity index (χ2n) is 9.51. The zero-order chi connectivity index (χ0) is 29.1. The molecule has 1 amide bonds. The molecule has 0 saturated heterocycles. The predicted molar refractivity (Wildman–Crippen MR) is 161 cm³/mol. The van der Waals surface area contributed by atoms with Crippen LogP contribution >= 0.6 is 0 Å². The highest BCUT2D eigenvalue weighted by atomic mass is 16.5. The lowest BCUT2D eigenvalue weighted by atomic mass is 10.1. The Bertz CT molecular complexity index is 1920. The van der Waals surface area contributed by atoms with Crippen molar-refractivity contribution in [1.29, 1.82) is 0 Å². The van der Waals surface area contributed by atoms with Crippen molar-refractivity contribution in [2.24, 2.45) is 0 Å². The SMILES string of the molecule is COc1c(C=O)cccc1C(=O)NCc1ccc(-n2c(-c3cccnc3N)nc3ccc(-c4ccccc4)nc32)cc1. The summed E-state index contributed by atoms with van der Waals surface area (Å²) in [7, 11) is 1.43. The second-order valence-corrected chi connectivity index (χ2v) is 9.51. The Labute approximate surface area is 241 Å². The molecule has 9 heteroatoms. The highest BCUT2D eigenvalue weighted by molar-refractivity contribution is 5.99. The van der Waals surface area contributed by atoms with Crippen LogP contribution in [0.5, 0.6) is 5.75 Å². The van der Waals surface area contributed by atoms with Crippen LogP contribution in [-0.4, -0.2) is 38.8 Å². The Balaban J connectivity index is 1.35.